The van der Waals surface area contributed by atoms with Crippen molar-refractivity contribution in [3.05, 3.63) is 84.7 Å². The molecule has 200 valence electrons. The fourth-order valence-corrected chi connectivity index (χ4v) is 6.80. The molecule has 3 fully saturated rings. The van der Waals surface area contributed by atoms with E-state index in [4.69, 9.17) is 16.0 Å². The van der Waals surface area contributed by atoms with Crippen LogP contribution in [0.3, 0.4) is 0 Å². The first-order chi connectivity index (χ1) is 19.4. The maximum Gasteiger partial charge on any atom is 0.240 e. The Kier molecular flexibility index (Phi) is 5.32. The Balaban J connectivity index is 1.17. The normalized spacial score (nSPS) is 28.7. The van der Waals surface area contributed by atoms with E-state index < -0.39 is 29.1 Å². The summed E-state index contributed by atoms with van der Waals surface area (Å²) in [5.41, 5.74) is -0.478. The number of benzene rings is 3. The predicted molar refractivity (Wildman–Crippen MR) is 144 cm³/mol. The molecule has 40 heavy (non-hydrogen) atoms. The van der Waals surface area contributed by atoms with Gasteiger partial charge in [-0.25, -0.2) is 19.4 Å². The summed E-state index contributed by atoms with van der Waals surface area (Å²) in [6.07, 6.45) is 2.74. The Morgan fingerprint density at radius 1 is 1.07 bits per heavy atom. The molecule has 5 atom stereocenters. The number of anilines is 1. The van der Waals surface area contributed by atoms with E-state index in [0.29, 0.717) is 34.3 Å². The van der Waals surface area contributed by atoms with Gasteiger partial charge >= 0.3 is 0 Å². The van der Waals surface area contributed by atoms with Gasteiger partial charge in [-0.05, 0) is 48.0 Å². The van der Waals surface area contributed by atoms with Crippen molar-refractivity contribution in [2.45, 2.75) is 37.1 Å². The molecule has 0 spiro atoms. The first-order valence-corrected chi connectivity index (χ1v) is 13.1. The fourth-order valence-electron chi connectivity index (χ4n) is 6.80. The van der Waals surface area contributed by atoms with Crippen LogP contribution in [0.25, 0.3) is 21.3 Å². The summed E-state index contributed by atoms with van der Waals surface area (Å²) in [6, 6.07) is 17.9. The van der Waals surface area contributed by atoms with E-state index in [1.807, 2.05) is 48.5 Å². The van der Waals surface area contributed by atoms with Crippen molar-refractivity contribution in [2.75, 3.05) is 11.5 Å². The second-order valence-electron chi connectivity index (χ2n) is 10.7. The van der Waals surface area contributed by atoms with Crippen LogP contribution in [-0.4, -0.2) is 55.6 Å². The van der Waals surface area contributed by atoms with Gasteiger partial charge in [0.1, 0.15) is 24.0 Å². The summed E-state index contributed by atoms with van der Waals surface area (Å²) in [7, 11) is 0. The topological polar surface area (TPSA) is 111 Å². The lowest BCUT2D eigenvalue weighted by Crippen LogP contribution is -2.49. The molecule has 10 heteroatoms. The largest absolute Gasteiger partial charge is 0.493 e. The molecule has 4 aromatic rings. The smallest absolute Gasteiger partial charge is 0.240 e. The van der Waals surface area contributed by atoms with E-state index in [0.717, 1.165) is 5.69 Å². The Labute approximate surface area is 229 Å². The quantitative estimate of drug-likeness (QED) is 0.295. The van der Waals surface area contributed by atoms with Crippen molar-refractivity contribution in [1.82, 2.24) is 14.8 Å². The highest BCUT2D eigenvalue weighted by Crippen LogP contribution is 2.62. The number of aliphatic hydroxyl groups excluding tert-OH is 1. The summed E-state index contributed by atoms with van der Waals surface area (Å²) < 4.78 is 14.1. The summed E-state index contributed by atoms with van der Waals surface area (Å²) in [6.45, 7) is 9.47. The number of imide groups is 1. The molecule has 4 heterocycles. The third-order valence-corrected chi connectivity index (χ3v) is 8.67. The molecular formula is C30H25N5O5. The number of hydrogen-bond acceptors (Lipinski definition) is 7. The highest BCUT2D eigenvalue weighted by atomic mass is 16.6. The van der Waals surface area contributed by atoms with Crippen LogP contribution in [0.2, 0.25) is 0 Å². The van der Waals surface area contributed by atoms with Gasteiger partial charge in [0.05, 0.1) is 48.1 Å². The van der Waals surface area contributed by atoms with Crippen LogP contribution in [0.1, 0.15) is 19.8 Å². The number of ether oxygens (including phenoxy) is 2. The second-order valence-corrected chi connectivity index (χ2v) is 10.7. The highest BCUT2D eigenvalue weighted by molar-refractivity contribution is 6.26. The standard InChI is InChI=1S/C30H25N5O5/c1-29-24(36)15-30(40-29,13-14-39-19-9-7-18(8-10-19)34-17-32-16-33-34)26-25(29)27(37)35(28(26)38)23-12-11-22(31-2)20-5-3-4-6-21(20)23/h3-12,16-17,24-26,36H,13-15H2,1H3/t24-,25-,26+,29?,30?/m1/s1. The van der Waals surface area contributed by atoms with E-state index in [-0.39, 0.29) is 24.8 Å². The number of carbonyl (C=O) groups excluding carboxylic acids is 2. The molecule has 2 unspecified atom stereocenters. The number of aromatic nitrogens is 3. The molecule has 1 N–H and O–H groups in total. The molecule has 0 aliphatic carbocycles. The molecule has 0 radical (unpaired) electrons. The van der Waals surface area contributed by atoms with E-state index >= 15 is 0 Å². The van der Waals surface area contributed by atoms with Crippen LogP contribution in [0.5, 0.6) is 5.75 Å². The van der Waals surface area contributed by atoms with Crippen molar-refractivity contribution in [3.8, 4) is 11.4 Å². The van der Waals surface area contributed by atoms with E-state index in [1.165, 1.54) is 11.2 Å². The maximum atomic E-state index is 14.1. The average Bonchev–Trinajstić information content (AvgIpc) is 3.70. The molecule has 0 saturated carbocycles. The van der Waals surface area contributed by atoms with Crippen molar-refractivity contribution >= 4 is 34.0 Å². The van der Waals surface area contributed by atoms with Gasteiger partial charge in [0, 0.05) is 12.8 Å². The lowest BCUT2D eigenvalue weighted by atomic mass is 9.66. The van der Waals surface area contributed by atoms with Crippen LogP contribution >= 0.6 is 0 Å². The third-order valence-electron chi connectivity index (χ3n) is 8.67. The lowest BCUT2D eigenvalue weighted by Gasteiger charge is -2.33. The van der Waals surface area contributed by atoms with Crippen LogP contribution in [0.15, 0.2) is 73.3 Å². The van der Waals surface area contributed by atoms with Crippen LogP contribution in [0, 0.1) is 18.4 Å². The number of amides is 2. The summed E-state index contributed by atoms with van der Waals surface area (Å²) in [5.74, 6) is -1.65. The number of carbonyl (C=O) groups is 2. The SMILES string of the molecule is [C-]#[N+]c1ccc(N2C(=O)[C@@H]3[C@H](C2=O)C2(C)OC3(CCOc3ccc(-n4cncn4)cc3)C[C@H]2O)c2ccccc12. The van der Waals surface area contributed by atoms with Crippen LogP contribution < -0.4 is 9.64 Å². The molecule has 3 aromatic carbocycles. The van der Waals surface area contributed by atoms with Gasteiger partial charge in [-0.15, -0.1) is 0 Å². The summed E-state index contributed by atoms with van der Waals surface area (Å²) >= 11 is 0. The second kappa shape index (κ2) is 8.71. The van der Waals surface area contributed by atoms with Gasteiger partial charge in [-0.1, -0.05) is 30.3 Å². The van der Waals surface area contributed by atoms with Gasteiger partial charge in [0.25, 0.3) is 0 Å². The van der Waals surface area contributed by atoms with Crippen molar-refractivity contribution in [3.63, 3.8) is 0 Å². The molecule has 3 saturated heterocycles. The minimum absolute atomic E-state index is 0.235. The molecule has 7 rings (SSSR count). The number of hydrogen-bond donors (Lipinski definition) is 1. The van der Waals surface area contributed by atoms with E-state index in [9.17, 15) is 14.7 Å². The van der Waals surface area contributed by atoms with Gasteiger partial charge in [-0.3, -0.25) is 9.59 Å². The predicted octanol–water partition coefficient (Wildman–Crippen LogP) is 3.84. The molecule has 3 aliphatic heterocycles. The highest BCUT2D eigenvalue weighted by Gasteiger charge is 2.77. The van der Waals surface area contributed by atoms with Crippen molar-refractivity contribution in [1.29, 1.82) is 0 Å². The minimum atomic E-state index is -1.18. The zero-order valence-electron chi connectivity index (χ0n) is 21.6. The van der Waals surface area contributed by atoms with Crippen molar-refractivity contribution < 1.29 is 24.2 Å². The van der Waals surface area contributed by atoms with Gasteiger partial charge in [0.2, 0.25) is 11.8 Å². The minimum Gasteiger partial charge on any atom is -0.493 e. The monoisotopic (exact) mass is 535 g/mol. The number of aliphatic hydroxyl groups is 1. The Morgan fingerprint density at radius 3 is 2.55 bits per heavy atom. The van der Waals surface area contributed by atoms with Gasteiger partial charge in [-0.2, -0.15) is 5.10 Å². The Hall–Kier alpha value is -4.59. The molecular weight excluding hydrogens is 510 g/mol. The zero-order valence-corrected chi connectivity index (χ0v) is 21.6. The molecule has 1 aromatic heterocycles. The Morgan fingerprint density at radius 2 is 1.82 bits per heavy atom. The molecule has 3 aliphatic rings. The number of nitrogens with zero attached hydrogens (tertiary/aromatic N) is 5. The first-order valence-electron chi connectivity index (χ1n) is 13.1. The van der Waals surface area contributed by atoms with E-state index in [2.05, 4.69) is 14.9 Å². The summed E-state index contributed by atoms with van der Waals surface area (Å²) in [4.78, 5) is 36.7. The van der Waals surface area contributed by atoms with E-state index in [1.54, 1.807) is 30.1 Å². The van der Waals surface area contributed by atoms with Crippen LogP contribution in [0.4, 0.5) is 11.4 Å². The zero-order chi connectivity index (χ0) is 27.6. The van der Waals surface area contributed by atoms with Crippen LogP contribution in [-0.2, 0) is 14.3 Å². The van der Waals surface area contributed by atoms with Crippen molar-refractivity contribution in [2.24, 2.45) is 11.8 Å². The number of fused-ring (bicyclic) bond motifs is 6. The summed E-state index contributed by atoms with van der Waals surface area (Å²) in [5, 5.41) is 16.5. The molecule has 10 nitrogen and oxygen atoms in total. The molecule has 2 bridgehead atoms. The Bertz CT molecular complexity index is 1700. The van der Waals surface area contributed by atoms with Gasteiger partial charge < -0.3 is 14.6 Å². The first kappa shape index (κ1) is 24.5. The number of rotatable bonds is 6. The molecule has 2 amide bonds. The lowest BCUT2D eigenvalue weighted by molar-refractivity contribution is -0.134. The third kappa shape index (κ3) is 3.35. The maximum absolute atomic E-state index is 14.1. The van der Waals surface area contributed by atoms with Gasteiger partial charge in [0.15, 0.2) is 5.69 Å². The fraction of sp³-hybridized carbons (Fsp3) is 0.300. The average molecular weight is 536 g/mol.